The quantitative estimate of drug-likeness (QED) is 0.669. The number of esters is 1. The van der Waals surface area contributed by atoms with Crippen LogP contribution < -0.4 is 5.73 Å². The molecule has 4 nitrogen and oxygen atoms in total. The van der Waals surface area contributed by atoms with Gasteiger partial charge in [0.25, 0.3) is 0 Å². The van der Waals surface area contributed by atoms with Gasteiger partial charge in [0, 0.05) is 13.5 Å². The molecule has 0 aromatic rings. The summed E-state index contributed by atoms with van der Waals surface area (Å²) in [5.74, 6) is -0.323. The highest BCUT2D eigenvalue weighted by Gasteiger charge is 2.40. The molecule has 1 atom stereocenters. The zero-order chi connectivity index (χ0) is 10.6. The Morgan fingerprint density at radius 3 is 2.57 bits per heavy atom. The predicted octanol–water partition coefficient (Wildman–Crippen LogP) is 0.836. The number of hydrogen-bond donors (Lipinski definition) is 1. The summed E-state index contributed by atoms with van der Waals surface area (Å²) in [4.78, 5) is 11.3. The molecule has 0 amide bonds. The molecule has 0 radical (unpaired) electrons. The molecule has 0 aromatic heterocycles. The molecule has 0 aliphatic heterocycles. The van der Waals surface area contributed by atoms with Gasteiger partial charge in [-0.05, 0) is 26.2 Å². The molecule has 1 fully saturated rings. The molecular weight excluding hydrogens is 182 g/mol. The minimum Gasteiger partial charge on any atom is -0.465 e. The van der Waals surface area contributed by atoms with Gasteiger partial charge in [-0.3, -0.25) is 4.79 Å². The van der Waals surface area contributed by atoms with Gasteiger partial charge < -0.3 is 15.2 Å². The van der Waals surface area contributed by atoms with Crippen molar-refractivity contribution in [1.82, 2.24) is 0 Å². The first-order valence-electron chi connectivity index (χ1n) is 5.11. The third-order valence-electron chi connectivity index (χ3n) is 2.88. The van der Waals surface area contributed by atoms with E-state index in [1.807, 2.05) is 0 Å². The van der Waals surface area contributed by atoms with Crippen molar-refractivity contribution >= 4 is 5.97 Å². The van der Waals surface area contributed by atoms with Crippen LogP contribution in [0, 0.1) is 0 Å². The van der Waals surface area contributed by atoms with Crippen molar-refractivity contribution in [2.45, 2.75) is 44.2 Å². The van der Waals surface area contributed by atoms with Crippen LogP contribution in [-0.2, 0) is 14.3 Å². The van der Waals surface area contributed by atoms with E-state index >= 15 is 0 Å². The summed E-state index contributed by atoms with van der Waals surface area (Å²) >= 11 is 0. The summed E-state index contributed by atoms with van der Waals surface area (Å²) in [6, 6.07) is -0.546. The van der Waals surface area contributed by atoms with Crippen LogP contribution in [0.25, 0.3) is 0 Å². The van der Waals surface area contributed by atoms with Crippen molar-refractivity contribution in [3.05, 3.63) is 0 Å². The maximum Gasteiger partial charge on any atom is 0.323 e. The van der Waals surface area contributed by atoms with Gasteiger partial charge in [-0.25, -0.2) is 0 Å². The van der Waals surface area contributed by atoms with Crippen molar-refractivity contribution in [3.63, 3.8) is 0 Å². The van der Waals surface area contributed by atoms with E-state index < -0.39 is 6.04 Å². The van der Waals surface area contributed by atoms with Gasteiger partial charge in [0.05, 0.1) is 12.2 Å². The van der Waals surface area contributed by atoms with E-state index in [0.29, 0.717) is 13.0 Å². The Kier molecular flexibility index (Phi) is 3.89. The molecule has 82 valence electrons. The molecule has 1 aliphatic carbocycles. The van der Waals surface area contributed by atoms with Crippen LogP contribution in [0.2, 0.25) is 0 Å². The monoisotopic (exact) mass is 201 g/mol. The van der Waals surface area contributed by atoms with Crippen molar-refractivity contribution in [2.24, 2.45) is 5.73 Å². The minimum atomic E-state index is -0.546. The number of methoxy groups -OCH3 is 1. The summed E-state index contributed by atoms with van der Waals surface area (Å²) in [7, 11) is 1.68. The molecule has 0 spiro atoms. The van der Waals surface area contributed by atoms with Crippen LogP contribution in [0.5, 0.6) is 0 Å². The van der Waals surface area contributed by atoms with E-state index in [-0.39, 0.29) is 11.6 Å². The summed E-state index contributed by atoms with van der Waals surface area (Å²) in [5.41, 5.74) is 5.56. The first kappa shape index (κ1) is 11.5. The summed E-state index contributed by atoms with van der Waals surface area (Å²) in [5, 5.41) is 0. The van der Waals surface area contributed by atoms with Gasteiger partial charge in [-0.15, -0.1) is 0 Å². The molecule has 0 saturated heterocycles. The van der Waals surface area contributed by atoms with Gasteiger partial charge in [0.15, 0.2) is 0 Å². The van der Waals surface area contributed by atoms with Crippen molar-refractivity contribution < 1.29 is 14.3 Å². The minimum absolute atomic E-state index is 0.161. The molecule has 0 bridgehead atoms. The lowest BCUT2D eigenvalue weighted by molar-refractivity contribution is -0.149. The molecule has 1 rings (SSSR count). The van der Waals surface area contributed by atoms with E-state index in [2.05, 4.69) is 0 Å². The van der Waals surface area contributed by atoms with Gasteiger partial charge >= 0.3 is 5.97 Å². The first-order valence-corrected chi connectivity index (χ1v) is 5.11. The Morgan fingerprint density at radius 2 is 2.21 bits per heavy atom. The second kappa shape index (κ2) is 4.75. The van der Waals surface area contributed by atoms with E-state index in [4.69, 9.17) is 15.2 Å². The molecule has 0 aromatic carbocycles. The second-order valence-corrected chi connectivity index (χ2v) is 3.80. The highest BCUT2D eigenvalue weighted by molar-refractivity contribution is 5.75. The number of ether oxygens (including phenoxy) is 2. The standard InChI is InChI=1S/C10H19NO3/c1-3-14-9(12)8(11)7-10(13-2)5-4-6-10/h8H,3-7,11H2,1-2H3. The van der Waals surface area contributed by atoms with Crippen LogP contribution in [-0.4, -0.2) is 31.3 Å². The Balaban J connectivity index is 2.38. The summed E-state index contributed by atoms with van der Waals surface area (Å²) < 4.78 is 10.2. The molecule has 14 heavy (non-hydrogen) atoms. The fourth-order valence-corrected chi connectivity index (χ4v) is 1.80. The first-order chi connectivity index (χ1) is 6.63. The fourth-order valence-electron chi connectivity index (χ4n) is 1.80. The lowest BCUT2D eigenvalue weighted by atomic mass is 9.76. The van der Waals surface area contributed by atoms with Gasteiger partial charge in [0.1, 0.15) is 6.04 Å². The summed E-state index contributed by atoms with van der Waals surface area (Å²) in [6.07, 6.45) is 3.72. The van der Waals surface area contributed by atoms with Crippen molar-refractivity contribution in [2.75, 3.05) is 13.7 Å². The lowest BCUT2D eigenvalue weighted by Crippen LogP contribution is -2.47. The van der Waals surface area contributed by atoms with Crippen LogP contribution in [0.1, 0.15) is 32.6 Å². The highest BCUT2D eigenvalue weighted by Crippen LogP contribution is 2.38. The third kappa shape index (κ3) is 2.45. The second-order valence-electron chi connectivity index (χ2n) is 3.80. The smallest absolute Gasteiger partial charge is 0.323 e. The average Bonchev–Trinajstić information content (AvgIpc) is 2.11. The Bertz CT molecular complexity index is 196. The van der Waals surface area contributed by atoms with Gasteiger partial charge in [-0.2, -0.15) is 0 Å². The molecule has 2 N–H and O–H groups in total. The Morgan fingerprint density at radius 1 is 1.57 bits per heavy atom. The molecule has 4 heteroatoms. The lowest BCUT2D eigenvalue weighted by Gasteiger charge is -2.41. The van der Waals surface area contributed by atoms with Crippen LogP contribution in [0.3, 0.4) is 0 Å². The Hall–Kier alpha value is -0.610. The van der Waals surface area contributed by atoms with Crippen molar-refractivity contribution in [3.8, 4) is 0 Å². The fraction of sp³-hybridized carbons (Fsp3) is 0.900. The number of carbonyl (C=O) groups excluding carboxylic acids is 1. The molecule has 1 unspecified atom stereocenters. The molecule has 1 aliphatic rings. The zero-order valence-corrected chi connectivity index (χ0v) is 8.91. The van der Waals surface area contributed by atoms with Gasteiger partial charge in [-0.1, -0.05) is 0 Å². The van der Waals surface area contributed by atoms with E-state index in [9.17, 15) is 4.79 Å². The molecule has 0 heterocycles. The number of nitrogens with two attached hydrogens (primary N) is 1. The number of carbonyl (C=O) groups is 1. The topological polar surface area (TPSA) is 61.5 Å². The Labute approximate surface area is 84.7 Å². The van der Waals surface area contributed by atoms with Crippen LogP contribution in [0.4, 0.5) is 0 Å². The third-order valence-corrected chi connectivity index (χ3v) is 2.88. The van der Waals surface area contributed by atoms with Crippen molar-refractivity contribution in [1.29, 1.82) is 0 Å². The predicted molar refractivity (Wildman–Crippen MR) is 52.8 cm³/mol. The van der Waals surface area contributed by atoms with Crippen LogP contribution in [0.15, 0.2) is 0 Å². The number of rotatable bonds is 5. The number of hydrogen-bond acceptors (Lipinski definition) is 4. The van der Waals surface area contributed by atoms with Gasteiger partial charge in [0.2, 0.25) is 0 Å². The van der Waals surface area contributed by atoms with E-state index in [1.165, 1.54) is 0 Å². The van der Waals surface area contributed by atoms with E-state index in [0.717, 1.165) is 19.3 Å². The highest BCUT2D eigenvalue weighted by atomic mass is 16.5. The maximum atomic E-state index is 11.3. The zero-order valence-electron chi connectivity index (χ0n) is 8.91. The average molecular weight is 201 g/mol. The van der Waals surface area contributed by atoms with Crippen LogP contribution >= 0.6 is 0 Å². The summed E-state index contributed by atoms with van der Waals surface area (Å²) in [6.45, 7) is 2.16. The largest absolute Gasteiger partial charge is 0.465 e. The molecule has 1 saturated carbocycles. The molecular formula is C10H19NO3. The maximum absolute atomic E-state index is 11.3. The SMILES string of the molecule is CCOC(=O)C(N)CC1(OC)CCC1. The van der Waals surface area contributed by atoms with E-state index in [1.54, 1.807) is 14.0 Å². The normalized spacial score (nSPS) is 21.1.